The van der Waals surface area contributed by atoms with Gasteiger partial charge in [0.1, 0.15) is 5.60 Å². The number of ether oxygens (including phenoxy) is 2. The van der Waals surface area contributed by atoms with Gasteiger partial charge in [0.25, 0.3) is 0 Å². The molecule has 0 heterocycles. The van der Waals surface area contributed by atoms with Crippen molar-refractivity contribution in [1.82, 2.24) is 0 Å². The molecule has 0 spiro atoms. The van der Waals surface area contributed by atoms with Gasteiger partial charge in [-0.15, -0.1) is 0 Å². The normalized spacial score (nSPS) is 12.9. The molecule has 0 fully saturated rings. The van der Waals surface area contributed by atoms with Gasteiger partial charge >= 0.3 is 5.97 Å². The fraction of sp³-hybridized carbons (Fsp3) is 0.812. The van der Waals surface area contributed by atoms with Gasteiger partial charge in [-0.25, -0.2) is 4.79 Å². The first-order chi connectivity index (χ1) is 9.09. The van der Waals surface area contributed by atoms with Crippen LogP contribution in [0, 0.1) is 0 Å². The molecule has 0 aliphatic carbocycles. The van der Waals surface area contributed by atoms with Crippen molar-refractivity contribution in [3.8, 4) is 0 Å². The highest BCUT2D eigenvalue weighted by Crippen LogP contribution is 2.22. The smallest absolute Gasteiger partial charge is 0.333 e. The Morgan fingerprint density at radius 1 is 1.15 bits per heavy atom. The van der Waals surface area contributed by atoms with Crippen molar-refractivity contribution < 1.29 is 14.3 Å². The van der Waals surface area contributed by atoms with Gasteiger partial charge in [0.2, 0.25) is 0 Å². The molecule has 0 aromatic rings. The van der Waals surface area contributed by atoms with Crippen molar-refractivity contribution in [2.24, 2.45) is 0 Å². The van der Waals surface area contributed by atoms with Crippen molar-refractivity contribution in [2.75, 3.05) is 6.61 Å². The maximum atomic E-state index is 11.5. The van der Waals surface area contributed by atoms with Crippen molar-refractivity contribution in [2.45, 2.75) is 77.7 Å². The summed E-state index contributed by atoms with van der Waals surface area (Å²) in [5.74, 6) is -0.331. The van der Waals surface area contributed by atoms with Gasteiger partial charge < -0.3 is 9.47 Å². The highest BCUT2D eigenvalue weighted by atomic mass is 28.2. The van der Waals surface area contributed by atoms with Gasteiger partial charge in [0.05, 0.1) is 12.2 Å². The quantitative estimate of drug-likeness (QED) is 0.268. The molecule has 0 saturated carbocycles. The van der Waals surface area contributed by atoms with Crippen LogP contribution >= 0.6 is 0 Å². The minimum atomic E-state index is -0.511. The largest absolute Gasteiger partial charge is 0.456 e. The van der Waals surface area contributed by atoms with Crippen LogP contribution in [0.15, 0.2) is 12.2 Å². The lowest BCUT2D eigenvalue weighted by Crippen LogP contribution is -2.32. The van der Waals surface area contributed by atoms with E-state index in [-0.39, 0.29) is 21.1 Å². The molecule has 0 aromatic carbocycles. The van der Waals surface area contributed by atoms with Crippen LogP contribution in [-0.4, -0.2) is 33.3 Å². The van der Waals surface area contributed by atoms with E-state index in [9.17, 15) is 4.79 Å². The lowest BCUT2D eigenvalue weighted by Gasteiger charge is -2.29. The third-order valence-corrected chi connectivity index (χ3v) is 4.50. The number of hydrogen-bond acceptors (Lipinski definition) is 3. The number of carbonyl (C=O) groups is 1. The van der Waals surface area contributed by atoms with Gasteiger partial charge in [-0.2, -0.15) is 0 Å². The number of esters is 1. The second-order valence-electron chi connectivity index (χ2n) is 6.74. The summed E-state index contributed by atoms with van der Waals surface area (Å²) in [7, 11) is 0.161. The maximum Gasteiger partial charge on any atom is 0.333 e. The van der Waals surface area contributed by atoms with Gasteiger partial charge in [-0.3, -0.25) is 0 Å². The third-order valence-electron chi connectivity index (χ3n) is 3.30. The van der Waals surface area contributed by atoms with E-state index in [1.54, 1.807) is 6.92 Å². The molecule has 0 N–H and O–H groups in total. The summed E-state index contributed by atoms with van der Waals surface area (Å²) in [4.78, 5) is 11.5. The van der Waals surface area contributed by atoms with E-state index in [2.05, 4.69) is 27.0 Å². The van der Waals surface area contributed by atoms with E-state index >= 15 is 0 Å². The van der Waals surface area contributed by atoms with Crippen molar-refractivity contribution >= 4 is 15.5 Å². The molecule has 0 radical (unpaired) electrons. The SMILES string of the molecule is C=C(C)C(=O)OC(C)(C)CCOC(C)(C)CCC[SiH2]C. The van der Waals surface area contributed by atoms with E-state index in [1.165, 1.54) is 12.5 Å². The van der Waals surface area contributed by atoms with Crippen molar-refractivity contribution in [1.29, 1.82) is 0 Å². The number of carbonyl (C=O) groups excluding carboxylic acids is 1. The molecule has 4 heteroatoms. The summed E-state index contributed by atoms with van der Waals surface area (Å²) in [5, 5.41) is 0. The third kappa shape index (κ3) is 9.32. The molecule has 0 aromatic heterocycles. The molecule has 0 unspecified atom stereocenters. The van der Waals surface area contributed by atoms with Crippen molar-refractivity contribution in [3.05, 3.63) is 12.2 Å². The zero-order valence-corrected chi connectivity index (χ0v) is 15.6. The monoisotopic (exact) mass is 300 g/mol. The van der Waals surface area contributed by atoms with Crippen molar-refractivity contribution in [3.63, 3.8) is 0 Å². The van der Waals surface area contributed by atoms with Crippen LogP contribution in [0.2, 0.25) is 12.6 Å². The molecule has 0 aliphatic heterocycles. The highest BCUT2D eigenvalue weighted by Gasteiger charge is 2.25. The zero-order chi connectivity index (χ0) is 15.8. The van der Waals surface area contributed by atoms with E-state index in [1.807, 2.05) is 13.8 Å². The van der Waals surface area contributed by atoms with E-state index in [4.69, 9.17) is 9.47 Å². The standard InChI is InChI=1S/C16H32O3Si/c1-13(2)14(17)19-16(5,6)10-11-18-15(3,4)9-8-12-20-7/h1,8-12,20H2,2-7H3. The summed E-state index contributed by atoms with van der Waals surface area (Å²) in [6, 6.07) is 1.38. The number of rotatable bonds is 10. The zero-order valence-electron chi connectivity index (χ0n) is 14.2. The Morgan fingerprint density at radius 2 is 1.75 bits per heavy atom. The average molecular weight is 301 g/mol. The lowest BCUT2D eigenvalue weighted by atomic mass is 10.0. The van der Waals surface area contributed by atoms with E-state index < -0.39 is 5.60 Å². The van der Waals surface area contributed by atoms with E-state index in [0.29, 0.717) is 18.6 Å². The average Bonchev–Trinajstić information content (AvgIpc) is 2.27. The molecule has 118 valence electrons. The van der Waals surface area contributed by atoms with Crippen LogP contribution in [0.5, 0.6) is 0 Å². The Hall–Kier alpha value is -0.613. The summed E-state index contributed by atoms with van der Waals surface area (Å²) in [5.41, 5.74) is -0.163. The molecule has 0 rings (SSSR count). The van der Waals surface area contributed by atoms with Gasteiger partial charge in [-0.1, -0.05) is 25.6 Å². The molecular formula is C16H32O3Si. The molecular weight excluding hydrogens is 268 g/mol. The lowest BCUT2D eigenvalue weighted by molar-refractivity contribution is -0.154. The van der Waals surface area contributed by atoms with Crippen LogP contribution in [-0.2, 0) is 14.3 Å². The first-order valence-corrected chi connectivity index (χ1v) is 10.0. The summed E-state index contributed by atoms with van der Waals surface area (Å²) in [6.07, 6.45) is 3.04. The van der Waals surface area contributed by atoms with Crippen LogP contribution in [0.4, 0.5) is 0 Å². The van der Waals surface area contributed by atoms with Crippen LogP contribution < -0.4 is 0 Å². The first-order valence-electron chi connectivity index (χ1n) is 7.62. The Bertz CT molecular complexity index is 322. The Kier molecular flexibility index (Phi) is 8.36. The maximum absolute atomic E-state index is 11.5. The Balaban J connectivity index is 4.07. The number of hydrogen-bond donors (Lipinski definition) is 0. The molecule has 0 aliphatic rings. The van der Waals surface area contributed by atoms with E-state index in [0.717, 1.165) is 6.42 Å². The highest BCUT2D eigenvalue weighted by molar-refractivity contribution is 6.33. The van der Waals surface area contributed by atoms with Crippen LogP contribution in [0.1, 0.15) is 53.9 Å². The Labute approximate surface area is 126 Å². The predicted octanol–water partition coefficient (Wildman–Crippen LogP) is 3.49. The molecule has 20 heavy (non-hydrogen) atoms. The summed E-state index contributed by atoms with van der Waals surface area (Å²) < 4.78 is 11.4. The molecule has 0 saturated heterocycles. The molecule has 3 nitrogen and oxygen atoms in total. The summed E-state index contributed by atoms with van der Waals surface area (Å²) >= 11 is 0. The minimum Gasteiger partial charge on any atom is -0.456 e. The Morgan fingerprint density at radius 3 is 2.25 bits per heavy atom. The van der Waals surface area contributed by atoms with Gasteiger partial charge in [-0.05, 0) is 41.0 Å². The second kappa shape index (κ2) is 8.62. The van der Waals surface area contributed by atoms with Crippen LogP contribution in [0.3, 0.4) is 0 Å². The van der Waals surface area contributed by atoms with Crippen LogP contribution in [0.25, 0.3) is 0 Å². The predicted molar refractivity (Wildman–Crippen MR) is 88.1 cm³/mol. The fourth-order valence-corrected chi connectivity index (χ4v) is 2.59. The topological polar surface area (TPSA) is 35.5 Å². The second-order valence-corrected chi connectivity index (χ2v) is 8.45. The van der Waals surface area contributed by atoms with Gasteiger partial charge in [0, 0.05) is 21.5 Å². The fourth-order valence-electron chi connectivity index (χ4n) is 1.84. The first kappa shape index (κ1) is 19.4. The molecule has 0 bridgehead atoms. The molecule has 0 amide bonds. The van der Waals surface area contributed by atoms with Gasteiger partial charge in [0.15, 0.2) is 0 Å². The molecule has 0 atom stereocenters. The minimum absolute atomic E-state index is 0.0853. The summed E-state index contributed by atoms with van der Waals surface area (Å²) in [6.45, 7) is 16.3.